The summed E-state index contributed by atoms with van der Waals surface area (Å²) in [6.45, 7) is 5.75. The van der Waals surface area contributed by atoms with E-state index < -0.39 is 12.6 Å². The van der Waals surface area contributed by atoms with Gasteiger partial charge in [0.05, 0.1) is 18.8 Å². The molecule has 0 bridgehead atoms. The van der Waals surface area contributed by atoms with Crippen LogP contribution >= 0.6 is 0 Å². The Morgan fingerprint density at radius 3 is 2.70 bits per heavy atom. The summed E-state index contributed by atoms with van der Waals surface area (Å²) < 4.78 is 41.5. The fraction of sp³-hybridized carbons (Fsp3) is 0.923. The molecule has 0 radical (unpaired) electrons. The zero-order chi connectivity index (χ0) is 15.2. The van der Waals surface area contributed by atoms with Crippen LogP contribution in [0.25, 0.3) is 0 Å². The molecule has 4 nitrogen and oxygen atoms in total. The number of morpholine rings is 1. The SMILES string of the molecule is CC[C@]1(C)CN(C(=O)NCCCCC(F)(F)F)CCO1. The van der Waals surface area contributed by atoms with E-state index in [9.17, 15) is 18.0 Å². The molecule has 20 heavy (non-hydrogen) atoms. The Morgan fingerprint density at radius 1 is 1.40 bits per heavy atom. The van der Waals surface area contributed by atoms with Crippen LogP contribution in [0, 0.1) is 0 Å². The van der Waals surface area contributed by atoms with Crippen LogP contribution in [0.15, 0.2) is 0 Å². The minimum atomic E-state index is -4.11. The highest BCUT2D eigenvalue weighted by molar-refractivity contribution is 5.74. The second-order valence-electron chi connectivity index (χ2n) is 5.38. The average molecular weight is 296 g/mol. The van der Waals surface area contributed by atoms with Crippen LogP contribution < -0.4 is 5.32 Å². The first-order valence-electron chi connectivity index (χ1n) is 6.99. The third-order valence-corrected chi connectivity index (χ3v) is 3.54. The number of alkyl halides is 3. The summed E-state index contributed by atoms with van der Waals surface area (Å²) in [6.07, 6.45) is -3.73. The molecule has 2 amide bonds. The van der Waals surface area contributed by atoms with Crippen LogP contribution in [0.4, 0.5) is 18.0 Å². The Balaban J connectivity index is 2.22. The van der Waals surface area contributed by atoms with Crippen molar-refractivity contribution >= 4 is 6.03 Å². The summed E-state index contributed by atoms with van der Waals surface area (Å²) in [5.41, 5.74) is -0.328. The molecule has 1 rings (SSSR count). The number of hydrogen-bond acceptors (Lipinski definition) is 2. The Bertz CT molecular complexity index is 323. The molecule has 0 aromatic heterocycles. The van der Waals surface area contributed by atoms with Crippen molar-refractivity contribution in [3.63, 3.8) is 0 Å². The van der Waals surface area contributed by atoms with E-state index in [0.717, 1.165) is 6.42 Å². The first kappa shape index (κ1) is 17.1. The highest BCUT2D eigenvalue weighted by Gasteiger charge is 2.32. The summed E-state index contributed by atoms with van der Waals surface area (Å²) >= 11 is 0. The van der Waals surface area contributed by atoms with Crippen LogP contribution in [0.1, 0.15) is 39.5 Å². The minimum Gasteiger partial charge on any atom is -0.372 e. The lowest BCUT2D eigenvalue weighted by molar-refractivity contribution is -0.135. The van der Waals surface area contributed by atoms with Crippen molar-refractivity contribution in [1.82, 2.24) is 10.2 Å². The maximum absolute atomic E-state index is 11.9. The van der Waals surface area contributed by atoms with Gasteiger partial charge in [-0.05, 0) is 26.2 Å². The standard InChI is InChI=1S/C13H23F3N2O2/c1-3-12(2)10-18(8-9-20-12)11(19)17-7-5-4-6-13(14,15)16/h3-10H2,1-2H3,(H,17,19)/t12-/m1/s1. The van der Waals surface area contributed by atoms with Crippen LogP contribution in [0.5, 0.6) is 0 Å². The molecule has 1 atom stereocenters. The fourth-order valence-corrected chi connectivity index (χ4v) is 2.08. The molecule has 1 heterocycles. The van der Waals surface area contributed by atoms with Crippen molar-refractivity contribution in [3.8, 4) is 0 Å². The highest BCUT2D eigenvalue weighted by Crippen LogP contribution is 2.22. The number of ether oxygens (including phenoxy) is 1. The first-order valence-corrected chi connectivity index (χ1v) is 6.99. The van der Waals surface area contributed by atoms with E-state index in [2.05, 4.69) is 5.32 Å². The lowest BCUT2D eigenvalue weighted by Gasteiger charge is -2.39. The summed E-state index contributed by atoms with van der Waals surface area (Å²) in [4.78, 5) is 13.6. The van der Waals surface area contributed by atoms with Crippen LogP contribution in [0.3, 0.4) is 0 Å². The van der Waals surface area contributed by atoms with Crippen molar-refractivity contribution in [1.29, 1.82) is 0 Å². The van der Waals surface area contributed by atoms with Crippen molar-refractivity contribution < 1.29 is 22.7 Å². The van der Waals surface area contributed by atoms with Gasteiger partial charge in [0.25, 0.3) is 0 Å². The fourth-order valence-electron chi connectivity index (χ4n) is 2.08. The molecule has 1 aliphatic heterocycles. The number of carbonyl (C=O) groups excluding carboxylic acids is 1. The predicted molar refractivity (Wildman–Crippen MR) is 69.5 cm³/mol. The van der Waals surface area contributed by atoms with Gasteiger partial charge < -0.3 is 15.0 Å². The number of hydrogen-bond donors (Lipinski definition) is 1. The summed E-state index contributed by atoms with van der Waals surface area (Å²) in [5, 5.41) is 2.66. The van der Waals surface area contributed by atoms with Gasteiger partial charge in [-0.15, -0.1) is 0 Å². The molecule has 1 aliphatic rings. The highest BCUT2D eigenvalue weighted by atomic mass is 19.4. The number of unbranched alkanes of at least 4 members (excludes halogenated alkanes) is 1. The summed E-state index contributed by atoms with van der Waals surface area (Å²) in [5.74, 6) is 0. The molecule has 118 valence electrons. The van der Waals surface area contributed by atoms with E-state index >= 15 is 0 Å². The van der Waals surface area contributed by atoms with Gasteiger partial charge in [-0.3, -0.25) is 0 Å². The summed E-state index contributed by atoms with van der Waals surface area (Å²) in [7, 11) is 0. The molecule has 0 aliphatic carbocycles. The van der Waals surface area contributed by atoms with Crippen molar-refractivity contribution in [2.75, 3.05) is 26.2 Å². The Kier molecular flexibility index (Phi) is 6.10. The van der Waals surface area contributed by atoms with Gasteiger partial charge >= 0.3 is 12.2 Å². The van der Waals surface area contributed by atoms with Gasteiger partial charge in [-0.2, -0.15) is 13.2 Å². The Hall–Kier alpha value is -0.980. The van der Waals surface area contributed by atoms with Gasteiger partial charge in [0.1, 0.15) is 0 Å². The van der Waals surface area contributed by atoms with Gasteiger partial charge in [-0.1, -0.05) is 6.92 Å². The van der Waals surface area contributed by atoms with Crippen LogP contribution in [0.2, 0.25) is 0 Å². The zero-order valence-electron chi connectivity index (χ0n) is 12.1. The summed E-state index contributed by atoms with van der Waals surface area (Å²) in [6, 6.07) is -0.222. The van der Waals surface area contributed by atoms with Gasteiger partial charge in [-0.25, -0.2) is 4.79 Å². The van der Waals surface area contributed by atoms with Crippen LogP contribution in [-0.2, 0) is 4.74 Å². The molecule has 1 N–H and O–H groups in total. The Morgan fingerprint density at radius 2 is 2.10 bits per heavy atom. The minimum absolute atomic E-state index is 0.0412. The third-order valence-electron chi connectivity index (χ3n) is 3.54. The van der Waals surface area contributed by atoms with Crippen molar-refractivity contribution in [3.05, 3.63) is 0 Å². The maximum Gasteiger partial charge on any atom is 0.389 e. The largest absolute Gasteiger partial charge is 0.389 e. The molecule has 0 saturated carbocycles. The molecule has 0 spiro atoms. The van der Waals surface area contributed by atoms with E-state index in [1.807, 2.05) is 13.8 Å². The number of halogens is 3. The van der Waals surface area contributed by atoms with E-state index in [0.29, 0.717) is 26.1 Å². The van der Waals surface area contributed by atoms with Crippen molar-refractivity contribution in [2.24, 2.45) is 0 Å². The number of amides is 2. The molecular weight excluding hydrogens is 273 g/mol. The van der Waals surface area contributed by atoms with Crippen molar-refractivity contribution in [2.45, 2.75) is 51.3 Å². The molecule has 1 fully saturated rings. The quantitative estimate of drug-likeness (QED) is 0.793. The third kappa shape index (κ3) is 5.98. The van der Waals surface area contributed by atoms with E-state index in [4.69, 9.17) is 4.74 Å². The maximum atomic E-state index is 11.9. The van der Waals surface area contributed by atoms with Gasteiger partial charge in [0, 0.05) is 19.5 Å². The molecule has 0 aromatic carbocycles. The molecule has 1 saturated heterocycles. The molecular formula is C13H23F3N2O2. The second kappa shape index (κ2) is 7.15. The number of carbonyl (C=O) groups is 1. The molecule has 0 unspecified atom stereocenters. The average Bonchev–Trinajstić information content (AvgIpc) is 2.37. The predicted octanol–water partition coefficient (Wildman–Crippen LogP) is 2.93. The number of nitrogens with zero attached hydrogens (tertiary/aromatic N) is 1. The lowest BCUT2D eigenvalue weighted by Crippen LogP contribution is -2.54. The zero-order valence-corrected chi connectivity index (χ0v) is 12.1. The van der Waals surface area contributed by atoms with Gasteiger partial charge in [0.2, 0.25) is 0 Å². The van der Waals surface area contributed by atoms with Crippen LogP contribution in [-0.4, -0.2) is 48.9 Å². The lowest BCUT2D eigenvalue weighted by atomic mass is 10.0. The van der Waals surface area contributed by atoms with E-state index in [1.165, 1.54) is 0 Å². The number of rotatable bonds is 5. The van der Waals surface area contributed by atoms with E-state index in [-0.39, 0.29) is 24.6 Å². The first-order chi connectivity index (χ1) is 9.26. The van der Waals surface area contributed by atoms with E-state index in [1.54, 1.807) is 4.90 Å². The normalized spacial score (nSPS) is 23.8. The number of urea groups is 1. The topological polar surface area (TPSA) is 41.6 Å². The molecule has 7 heteroatoms. The number of nitrogens with one attached hydrogen (secondary N) is 1. The Labute approximate surface area is 117 Å². The smallest absolute Gasteiger partial charge is 0.372 e. The van der Waals surface area contributed by atoms with Gasteiger partial charge in [0.15, 0.2) is 0 Å². The second-order valence-corrected chi connectivity index (χ2v) is 5.38. The monoisotopic (exact) mass is 296 g/mol. The molecule has 0 aromatic rings.